The van der Waals surface area contributed by atoms with Gasteiger partial charge in [-0.05, 0) is 71.2 Å². The van der Waals surface area contributed by atoms with Gasteiger partial charge < -0.3 is 18.9 Å². The summed E-state index contributed by atoms with van der Waals surface area (Å²) < 4.78 is 23.0. The minimum atomic E-state index is -0.376. The molecule has 1 N–H and O–H groups in total. The molecule has 0 unspecified atom stereocenters. The van der Waals surface area contributed by atoms with Crippen molar-refractivity contribution >= 4 is 28.1 Å². The number of carbonyl (C=O) groups excluding carboxylic acids is 1. The zero-order valence-corrected chi connectivity index (χ0v) is 21.1. The monoisotopic (exact) mass is 526 g/mol. The molecule has 0 atom stereocenters. The van der Waals surface area contributed by atoms with Crippen LogP contribution in [-0.2, 0) is 6.61 Å². The van der Waals surface area contributed by atoms with Crippen LogP contribution in [0.25, 0.3) is 0 Å². The fourth-order valence-corrected chi connectivity index (χ4v) is 3.69. The number of ether oxygens (including phenoxy) is 4. The summed E-state index contributed by atoms with van der Waals surface area (Å²) in [5, 5.41) is 4.08. The number of hydrazone groups is 1. The summed E-state index contributed by atoms with van der Waals surface area (Å²) in [6.07, 6.45) is 1.54. The smallest absolute Gasteiger partial charge is 0.271 e. The van der Waals surface area contributed by atoms with Crippen LogP contribution in [0.1, 0.15) is 34.0 Å². The van der Waals surface area contributed by atoms with E-state index < -0.39 is 0 Å². The first-order chi connectivity index (χ1) is 16.4. The Morgan fingerprint density at radius 3 is 2.38 bits per heavy atom. The van der Waals surface area contributed by atoms with Gasteiger partial charge in [-0.15, -0.1) is 0 Å². The van der Waals surface area contributed by atoms with Gasteiger partial charge in [0.25, 0.3) is 5.91 Å². The van der Waals surface area contributed by atoms with Crippen LogP contribution in [0.2, 0.25) is 0 Å². The molecule has 1 amide bonds. The lowest BCUT2D eigenvalue weighted by molar-refractivity contribution is 0.0954. The van der Waals surface area contributed by atoms with Gasteiger partial charge in [-0.2, -0.15) is 5.10 Å². The molecule has 0 aliphatic carbocycles. The predicted molar refractivity (Wildman–Crippen MR) is 135 cm³/mol. The molecule has 3 aromatic carbocycles. The molecule has 0 aliphatic rings. The van der Waals surface area contributed by atoms with E-state index in [0.717, 1.165) is 15.6 Å². The normalized spacial score (nSPS) is 10.7. The average Bonchev–Trinajstić information content (AvgIpc) is 2.84. The molecule has 0 saturated heterocycles. The first-order valence-electron chi connectivity index (χ1n) is 10.6. The first kappa shape index (κ1) is 25.1. The maximum Gasteiger partial charge on any atom is 0.271 e. The van der Waals surface area contributed by atoms with Crippen molar-refractivity contribution in [3.05, 3.63) is 81.3 Å². The average molecular weight is 527 g/mol. The highest BCUT2D eigenvalue weighted by molar-refractivity contribution is 9.10. The molecule has 34 heavy (non-hydrogen) atoms. The summed E-state index contributed by atoms with van der Waals surface area (Å²) in [6, 6.07) is 16.7. The Hall–Kier alpha value is -3.52. The highest BCUT2D eigenvalue weighted by Crippen LogP contribution is 2.37. The van der Waals surface area contributed by atoms with Crippen molar-refractivity contribution in [2.45, 2.75) is 20.5 Å². The second-order valence-electron chi connectivity index (χ2n) is 7.31. The summed E-state index contributed by atoms with van der Waals surface area (Å²) >= 11 is 3.56. The van der Waals surface area contributed by atoms with E-state index in [1.807, 2.05) is 50.2 Å². The number of halogens is 1. The van der Waals surface area contributed by atoms with E-state index in [-0.39, 0.29) is 5.91 Å². The third-order valence-corrected chi connectivity index (χ3v) is 5.45. The third kappa shape index (κ3) is 6.51. The topological polar surface area (TPSA) is 78.4 Å². The number of amides is 1. The first-order valence-corrected chi connectivity index (χ1v) is 11.4. The van der Waals surface area contributed by atoms with Gasteiger partial charge in [-0.25, -0.2) is 5.43 Å². The van der Waals surface area contributed by atoms with Crippen molar-refractivity contribution in [2.24, 2.45) is 5.10 Å². The van der Waals surface area contributed by atoms with E-state index in [0.29, 0.717) is 41.8 Å². The van der Waals surface area contributed by atoms with Crippen LogP contribution >= 0.6 is 15.9 Å². The maximum atomic E-state index is 12.5. The molecule has 0 saturated carbocycles. The molecule has 3 aromatic rings. The van der Waals surface area contributed by atoms with Crippen molar-refractivity contribution < 1.29 is 23.7 Å². The van der Waals surface area contributed by atoms with E-state index >= 15 is 0 Å². The van der Waals surface area contributed by atoms with Gasteiger partial charge in [-0.1, -0.05) is 29.8 Å². The standard InChI is InChI=1S/C26H27BrN2O5/c1-5-33-24-13-19(12-21(27)25(24)34-16-18-8-6-17(2)7-9-18)15-28-29-26(30)20-10-11-22(31-3)23(14-20)32-4/h6-15H,5,16H2,1-4H3,(H,29,30)/b28-15+. The summed E-state index contributed by atoms with van der Waals surface area (Å²) in [5.74, 6) is 1.82. The maximum absolute atomic E-state index is 12.5. The van der Waals surface area contributed by atoms with Gasteiger partial charge in [0.1, 0.15) is 6.61 Å². The van der Waals surface area contributed by atoms with Gasteiger partial charge in [0.15, 0.2) is 23.0 Å². The molecule has 0 radical (unpaired) electrons. The number of carbonyl (C=O) groups is 1. The summed E-state index contributed by atoms with van der Waals surface area (Å²) in [4.78, 5) is 12.5. The van der Waals surface area contributed by atoms with E-state index in [4.69, 9.17) is 18.9 Å². The van der Waals surface area contributed by atoms with Gasteiger partial charge in [0, 0.05) is 5.56 Å². The fraction of sp³-hybridized carbons (Fsp3) is 0.231. The number of rotatable bonds is 10. The zero-order valence-electron chi connectivity index (χ0n) is 19.6. The van der Waals surface area contributed by atoms with Gasteiger partial charge >= 0.3 is 0 Å². The van der Waals surface area contributed by atoms with Gasteiger partial charge in [-0.3, -0.25) is 4.79 Å². The SMILES string of the molecule is CCOc1cc(/C=N/NC(=O)c2ccc(OC)c(OC)c2)cc(Br)c1OCc1ccc(C)cc1. The van der Waals surface area contributed by atoms with Gasteiger partial charge in [0.05, 0.1) is 31.5 Å². The summed E-state index contributed by atoms with van der Waals surface area (Å²) in [6.45, 7) is 4.84. The van der Waals surface area contributed by atoms with E-state index in [2.05, 4.69) is 26.5 Å². The van der Waals surface area contributed by atoms with E-state index in [1.54, 1.807) is 18.2 Å². The van der Waals surface area contributed by atoms with Crippen LogP contribution in [0.15, 0.2) is 64.2 Å². The molecule has 0 aromatic heterocycles. The molecule has 3 rings (SSSR count). The Labute approximate surface area is 207 Å². The van der Waals surface area contributed by atoms with Crippen LogP contribution in [0, 0.1) is 6.92 Å². The fourth-order valence-electron chi connectivity index (χ4n) is 3.11. The van der Waals surface area contributed by atoms with Crippen LogP contribution in [0.4, 0.5) is 0 Å². The van der Waals surface area contributed by atoms with Crippen molar-refractivity contribution in [3.63, 3.8) is 0 Å². The van der Waals surface area contributed by atoms with Crippen molar-refractivity contribution in [1.82, 2.24) is 5.43 Å². The zero-order chi connectivity index (χ0) is 24.5. The number of nitrogens with zero attached hydrogens (tertiary/aromatic N) is 1. The molecule has 0 fully saturated rings. The summed E-state index contributed by atoms with van der Waals surface area (Å²) in [5.41, 5.74) is 5.90. The molecule has 0 heterocycles. The Balaban J connectivity index is 1.71. The molecule has 178 valence electrons. The molecular formula is C26H27BrN2O5. The lowest BCUT2D eigenvalue weighted by Crippen LogP contribution is -2.17. The Morgan fingerprint density at radius 2 is 1.71 bits per heavy atom. The number of hydrogen-bond acceptors (Lipinski definition) is 6. The van der Waals surface area contributed by atoms with Crippen LogP contribution in [-0.4, -0.2) is 32.9 Å². The second kappa shape index (κ2) is 12.1. The number of benzene rings is 3. The number of methoxy groups -OCH3 is 2. The second-order valence-corrected chi connectivity index (χ2v) is 8.16. The quantitative estimate of drug-likeness (QED) is 0.278. The largest absolute Gasteiger partial charge is 0.493 e. The number of nitrogens with one attached hydrogen (secondary N) is 1. The van der Waals surface area contributed by atoms with Crippen LogP contribution in [0.3, 0.4) is 0 Å². The van der Waals surface area contributed by atoms with E-state index in [1.165, 1.54) is 26.0 Å². The molecule has 0 aliphatic heterocycles. The molecule has 0 spiro atoms. The van der Waals surface area contributed by atoms with Crippen LogP contribution in [0.5, 0.6) is 23.0 Å². The highest BCUT2D eigenvalue weighted by atomic mass is 79.9. The predicted octanol–water partition coefficient (Wildman–Crippen LogP) is 5.52. The Bertz CT molecular complexity index is 1160. The molecule has 0 bridgehead atoms. The van der Waals surface area contributed by atoms with E-state index in [9.17, 15) is 4.79 Å². The number of aryl methyl sites for hydroxylation is 1. The van der Waals surface area contributed by atoms with Crippen molar-refractivity contribution in [1.29, 1.82) is 0 Å². The lowest BCUT2D eigenvalue weighted by Gasteiger charge is -2.15. The van der Waals surface area contributed by atoms with Crippen molar-refractivity contribution in [2.75, 3.05) is 20.8 Å². The van der Waals surface area contributed by atoms with Gasteiger partial charge in [0.2, 0.25) is 0 Å². The third-order valence-electron chi connectivity index (χ3n) is 4.86. The Kier molecular flexibility index (Phi) is 8.93. The molecule has 8 heteroatoms. The Morgan fingerprint density at radius 1 is 0.971 bits per heavy atom. The minimum Gasteiger partial charge on any atom is -0.493 e. The lowest BCUT2D eigenvalue weighted by atomic mass is 10.1. The molecule has 7 nitrogen and oxygen atoms in total. The number of hydrogen-bond donors (Lipinski definition) is 1. The highest BCUT2D eigenvalue weighted by Gasteiger charge is 2.13. The van der Waals surface area contributed by atoms with Crippen LogP contribution < -0.4 is 24.4 Å². The molecular weight excluding hydrogens is 500 g/mol. The van der Waals surface area contributed by atoms with Crippen molar-refractivity contribution in [3.8, 4) is 23.0 Å². The minimum absolute atomic E-state index is 0.376. The summed E-state index contributed by atoms with van der Waals surface area (Å²) in [7, 11) is 3.05.